The molecule has 0 aromatic heterocycles. The van der Waals surface area contributed by atoms with Crippen LogP contribution < -0.4 is 40.2 Å². The van der Waals surface area contributed by atoms with Gasteiger partial charge in [-0.3, -0.25) is 4.79 Å². The zero-order chi connectivity index (χ0) is 17.8. The van der Waals surface area contributed by atoms with E-state index in [0.29, 0.717) is 16.9 Å². The van der Waals surface area contributed by atoms with Crippen molar-refractivity contribution < 1.29 is 52.5 Å². The van der Waals surface area contributed by atoms with Crippen LogP contribution in [0.4, 0.5) is 11.4 Å². The normalized spacial score (nSPS) is 19.4. The first-order chi connectivity index (χ1) is 11.9. The number of benzene rings is 2. The smallest absolute Gasteiger partial charge is 0.744 e. The Labute approximate surface area is 170 Å². The molecule has 0 saturated carbocycles. The maximum Gasteiger partial charge on any atom is 1.00 e. The number of fused-ring (bicyclic) bond motifs is 2. The van der Waals surface area contributed by atoms with Gasteiger partial charge in [0.25, 0.3) is 5.91 Å². The fraction of sp³-hybridized carbons (Fsp3) is 0. The molecular formula is C16H10N3NaO5S. The second-order valence-electron chi connectivity index (χ2n) is 5.48. The van der Waals surface area contributed by atoms with Crippen LogP contribution in [0, 0.1) is 0 Å². The Hall–Kier alpha value is -2.17. The maximum atomic E-state index is 12.4. The van der Waals surface area contributed by atoms with Gasteiger partial charge in [0, 0.05) is 22.5 Å². The molecule has 2 aliphatic heterocycles. The SMILES string of the molecule is O=C1Nc2ccc(S(=O)(=O)[O-])cc2/C1=C1/Nc2ccccc2/C1=N\O.[Na+]. The molecule has 2 aromatic carbocycles. The summed E-state index contributed by atoms with van der Waals surface area (Å²) < 4.78 is 33.9. The summed E-state index contributed by atoms with van der Waals surface area (Å²) in [7, 11) is -4.67. The Morgan fingerprint density at radius 2 is 1.69 bits per heavy atom. The molecule has 0 aliphatic carbocycles. The topological polar surface area (TPSA) is 131 Å². The van der Waals surface area contributed by atoms with E-state index in [1.165, 1.54) is 6.07 Å². The number of carbonyl (C=O) groups excluding carboxylic acids is 1. The molecule has 2 aliphatic rings. The molecule has 0 bridgehead atoms. The van der Waals surface area contributed by atoms with E-state index >= 15 is 0 Å². The number of amides is 1. The molecule has 4 rings (SSSR count). The number of hydrogen-bond donors (Lipinski definition) is 3. The summed E-state index contributed by atoms with van der Waals surface area (Å²) in [5.74, 6) is -0.494. The monoisotopic (exact) mass is 379 g/mol. The van der Waals surface area contributed by atoms with Crippen LogP contribution in [0.15, 0.2) is 58.2 Å². The van der Waals surface area contributed by atoms with Crippen molar-refractivity contribution in [1.82, 2.24) is 0 Å². The number of nitrogens with zero attached hydrogens (tertiary/aromatic N) is 1. The summed E-state index contributed by atoms with van der Waals surface area (Å²) in [5.41, 5.74) is 2.36. The zero-order valence-corrected chi connectivity index (χ0v) is 16.3. The number of nitrogens with one attached hydrogen (secondary N) is 2. The van der Waals surface area contributed by atoms with E-state index < -0.39 is 20.9 Å². The molecule has 3 N–H and O–H groups in total. The average molecular weight is 379 g/mol. The van der Waals surface area contributed by atoms with Crippen LogP contribution in [-0.4, -0.2) is 29.8 Å². The minimum Gasteiger partial charge on any atom is -0.744 e. The molecule has 0 saturated heterocycles. The van der Waals surface area contributed by atoms with Crippen molar-refractivity contribution in [2.45, 2.75) is 4.90 Å². The summed E-state index contributed by atoms with van der Waals surface area (Å²) in [6.45, 7) is 0. The first-order valence-corrected chi connectivity index (χ1v) is 8.56. The summed E-state index contributed by atoms with van der Waals surface area (Å²) in [6.07, 6.45) is 0. The third-order valence-corrected chi connectivity index (χ3v) is 4.88. The fourth-order valence-electron chi connectivity index (χ4n) is 2.96. The molecule has 0 spiro atoms. The van der Waals surface area contributed by atoms with Crippen molar-refractivity contribution in [2.75, 3.05) is 10.6 Å². The van der Waals surface area contributed by atoms with Gasteiger partial charge >= 0.3 is 29.6 Å². The van der Waals surface area contributed by atoms with Crippen LogP contribution in [-0.2, 0) is 14.9 Å². The van der Waals surface area contributed by atoms with Gasteiger partial charge in [0.05, 0.1) is 16.2 Å². The molecule has 10 heteroatoms. The molecule has 0 unspecified atom stereocenters. The zero-order valence-electron chi connectivity index (χ0n) is 13.5. The Bertz CT molecular complexity index is 1110. The van der Waals surface area contributed by atoms with E-state index in [1.54, 1.807) is 24.3 Å². The number of carbonyl (C=O) groups is 1. The van der Waals surface area contributed by atoms with Gasteiger partial charge in [-0.1, -0.05) is 23.4 Å². The number of anilines is 2. The van der Waals surface area contributed by atoms with E-state index in [1.807, 2.05) is 0 Å². The minimum absolute atomic E-state index is 0. The van der Waals surface area contributed by atoms with Gasteiger partial charge in [-0.05, 0) is 24.3 Å². The summed E-state index contributed by atoms with van der Waals surface area (Å²) in [6, 6.07) is 10.6. The van der Waals surface area contributed by atoms with Gasteiger partial charge in [0.15, 0.2) is 0 Å². The van der Waals surface area contributed by atoms with Gasteiger partial charge in [0.2, 0.25) is 0 Å². The van der Waals surface area contributed by atoms with Gasteiger partial charge < -0.3 is 20.4 Å². The number of rotatable bonds is 1. The first kappa shape index (κ1) is 18.6. The number of para-hydroxylation sites is 1. The molecule has 2 aromatic rings. The molecular weight excluding hydrogens is 369 g/mol. The number of hydrogen-bond acceptors (Lipinski definition) is 7. The van der Waals surface area contributed by atoms with E-state index in [4.69, 9.17) is 0 Å². The largest absolute Gasteiger partial charge is 1.00 e. The van der Waals surface area contributed by atoms with Gasteiger partial charge in [0.1, 0.15) is 15.8 Å². The Morgan fingerprint density at radius 1 is 1.00 bits per heavy atom. The standard InChI is InChI=1S/C16H11N3O5S.Na/c20-16-13(10-7-8(25(22,23)24)5-6-12(10)18-16)15-14(19-21)9-3-1-2-4-11(9)17-15;/h1-7,17,21H,(H,18,20)(H,22,23,24);/q;+1/p-1/b15-13-,19-14+;. The van der Waals surface area contributed by atoms with Crippen LogP contribution >= 0.6 is 0 Å². The van der Waals surface area contributed by atoms with E-state index in [-0.39, 0.29) is 52.1 Å². The van der Waals surface area contributed by atoms with E-state index in [9.17, 15) is 23.0 Å². The maximum absolute atomic E-state index is 12.4. The van der Waals surface area contributed by atoms with Crippen molar-refractivity contribution in [3.63, 3.8) is 0 Å². The summed E-state index contributed by atoms with van der Waals surface area (Å²) in [5, 5.41) is 18.3. The van der Waals surface area contributed by atoms with Crippen molar-refractivity contribution in [2.24, 2.45) is 5.16 Å². The molecule has 26 heavy (non-hydrogen) atoms. The van der Waals surface area contributed by atoms with Gasteiger partial charge in [-0.2, -0.15) is 0 Å². The fourth-order valence-corrected chi connectivity index (χ4v) is 3.46. The van der Waals surface area contributed by atoms with Crippen molar-refractivity contribution >= 4 is 38.7 Å². The van der Waals surface area contributed by atoms with Gasteiger partial charge in [-0.25, -0.2) is 8.42 Å². The van der Waals surface area contributed by atoms with E-state index in [0.717, 1.165) is 12.1 Å². The van der Waals surface area contributed by atoms with Crippen LogP contribution in [0.3, 0.4) is 0 Å². The molecule has 1 amide bonds. The second-order valence-corrected chi connectivity index (χ2v) is 6.86. The van der Waals surface area contributed by atoms with Crippen LogP contribution in [0.1, 0.15) is 11.1 Å². The van der Waals surface area contributed by atoms with Crippen LogP contribution in [0.25, 0.3) is 5.57 Å². The van der Waals surface area contributed by atoms with Crippen molar-refractivity contribution in [1.29, 1.82) is 0 Å². The first-order valence-electron chi connectivity index (χ1n) is 7.15. The van der Waals surface area contributed by atoms with Crippen LogP contribution in [0.2, 0.25) is 0 Å². The number of allylic oxidation sites excluding steroid dienone is 1. The Morgan fingerprint density at radius 3 is 2.38 bits per heavy atom. The average Bonchev–Trinajstić information content (AvgIpc) is 3.08. The molecule has 0 atom stereocenters. The molecule has 8 nitrogen and oxygen atoms in total. The third-order valence-electron chi connectivity index (χ3n) is 4.05. The van der Waals surface area contributed by atoms with Gasteiger partial charge in [-0.15, -0.1) is 0 Å². The Kier molecular flexibility index (Phi) is 4.67. The third kappa shape index (κ3) is 2.83. The Balaban J connectivity index is 0.00000196. The molecule has 2 heterocycles. The van der Waals surface area contributed by atoms with E-state index in [2.05, 4.69) is 15.8 Å². The number of oxime groups is 1. The molecule has 0 radical (unpaired) electrons. The minimum atomic E-state index is -4.67. The quantitative estimate of drug-likeness (QED) is 0.183. The predicted octanol–water partition coefficient (Wildman–Crippen LogP) is -1.44. The van der Waals surface area contributed by atoms with Crippen molar-refractivity contribution in [3.8, 4) is 0 Å². The molecule has 126 valence electrons. The van der Waals surface area contributed by atoms with Crippen molar-refractivity contribution in [3.05, 3.63) is 59.3 Å². The second kappa shape index (κ2) is 6.53. The summed E-state index contributed by atoms with van der Waals surface area (Å²) in [4.78, 5) is 12.0. The van der Waals surface area contributed by atoms with Crippen LogP contribution in [0.5, 0.6) is 0 Å². The summed E-state index contributed by atoms with van der Waals surface area (Å²) >= 11 is 0. The predicted molar refractivity (Wildman–Crippen MR) is 88.3 cm³/mol. The molecule has 0 fully saturated rings.